The van der Waals surface area contributed by atoms with Crippen molar-refractivity contribution in [3.8, 4) is 5.69 Å². The van der Waals surface area contributed by atoms with Gasteiger partial charge in [0.2, 0.25) is 17.0 Å². The molecule has 4 atom stereocenters. The van der Waals surface area contributed by atoms with E-state index >= 15 is 0 Å². The van der Waals surface area contributed by atoms with Gasteiger partial charge in [-0.05, 0) is 58.7 Å². The molecule has 2 amide bonds. The van der Waals surface area contributed by atoms with Gasteiger partial charge >= 0.3 is 0 Å². The standard InChI is InChI=1S/C34H40N6O5S/c1-23-30(22-46-34-37-38-39-40(34)29-9-5-3-6-10-29)44-33(45-32(23)26-14-12-25(21-41)13-15-26)27-16-18-28(19-17-27)36-31(43)11-7-4-8-20-35-24(2)42/h3,5-6,9-10,12-19,23,30,32-33,41H,4,7-8,11,20-22H2,1-2H3,(H,35,42)(H,36,43). The molecule has 1 saturated heterocycles. The van der Waals surface area contributed by atoms with Gasteiger partial charge in [-0.15, -0.1) is 5.10 Å². The molecule has 12 heteroatoms. The first-order valence-corrected chi connectivity index (χ1v) is 16.5. The molecule has 11 nitrogen and oxygen atoms in total. The van der Waals surface area contributed by atoms with Crippen LogP contribution >= 0.6 is 11.8 Å². The number of ether oxygens (including phenoxy) is 2. The molecular weight excluding hydrogens is 604 g/mol. The Morgan fingerprint density at radius 3 is 2.39 bits per heavy atom. The summed E-state index contributed by atoms with van der Waals surface area (Å²) >= 11 is 1.53. The number of amides is 2. The number of thioether (sulfide) groups is 1. The summed E-state index contributed by atoms with van der Waals surface area (Å²) < 4.78 is 14.9. The third-order valence-electron chi connectivity index (χ3n) is 7.86. The predicted molar refractivity (Wildman–Crippen MR) is 175 cm³/mol. The van der Waals surface area contributed by atoms with E-state index in [-0.39, 0.29) is 36.5 Å². The van der Waals surface area contributed by atoms with E-state index in [0.717, 1.165) is 41.6 Å². The highest BCUT2D eigenvalue weighted by Crippen LogP contribution is 2.43. The van der Waals surface area contributed by atoms with Crippen LogP contribution in [0.25, 0.3) is 5.69 Å². The Morgan fingerprint density at radius 1 is 0.935 bits per heavy atom. The van der Waals surface area contributed by atoms with Crippen LogP contribution in [0.4, 0.5) is 5.69 Å². The number of carbonyl (C=O) groups is 2. The second kappa shape index (κ2) is 16.5. The summed E-state index contributed by atoms with van der Waals surface area (Å²) in [5.41, 5.74) is 4.26. The van der Waals surface area contributed by atoms with E-state index in [1.807, 2.05) is 78.9 Å². The predicted octanol–water partition coefficient (Wildman–Crippen LogP) is 5.37. The van der Waals surface area contributed by atoms with Crippen LogP contribution in [0, 0.1) is 5.92 Å². The number of hydrogen-bond acceptors (Lipinski definition) is 9. The molecule has 0 spiro atoms. The maximum Gasteiger partial charge on any atom is 0.224 e. The number of nitrogens with one attached hydrogen (secondary N) is 2. The number of benzene rings is 3. The van der Waals surface area contributed by atoms with Gasteiger partial charge in [-0.2, -0.15) is 4.68 Å². The summed E-state index contributed by atoms with van der Waals surface area (Å²) in [5.74, 6) is 0.510. The lowest BCUT2D eigenvalue weighted by atomic mass is 9.91. The van der Waals surface area contributed by atoms with E-state index in [1.54, 1.807) is 4.68 Å². The minimum atomic E-state index is -0.636. The minimum absolute atomic E-state index is 0.00147. The lowest BCUT2D eigenvalue weighted by Crippen LogP contribution is -2.38. The smallest absolute Gasteiger partial charge is 0.224 e. The Morgan fingerprint density at radius 2 is 1.67 bits per heavy atom. The fourth-order valence-corrected chi connectivity index (χ4v) is 6.32. The minimum Gasteiger partial charge on any atom is -0.392 e. The first-order valence-electron chi connectivity index (χ1n) is 15.5. The molecular formula is C34H40N6O5S. The van der Waals surface area contributed by atoms with Crippen LogP contribution in [-0.4, -0.2) is 55.5 Å². The molecule has 5 rings (SSSR count). The van der Waals surface area contributed by atoms with E-state index in [0.29, 0.717) is 29.6 Å². The summed E-state index contributed by atoms with van der Waals surface area (Å²) in [6.07, 6.45) is 1.79. The molecule has 0 bridgehead atoms. The molecule has 242 valence electrons. The van der Waals surface area contributed by atoms with E-state index in [2.05, 4.69) is 33.1 Å². The van der Waals surface area contributed by atoms with Gasteiger partial charge in [-0.1, -0.05) is 79.7 Å². The number of para-hydroxylation sites is 1. The highest BCUT2D eigenvalue weighted by molar-refractivity contribution is 7.99. The van der Waals surface area contributed by atoms with E-state index < -0.39 is 6.29 Å². The molecule has 1 fully saturated rings. The number of aliphatic hydroxyl groups excluding tert-OH is 1. The SMILES string of the molecule is CC(=O)NCCCCCC(=O)Nc1ccc(C2OC(CSc3nnnn3-c3ccccc3)C(C)C(c3ccc(CO)cc3)O2)cc1. The zero-order chi connectivity index (χ0) is 32.3. The van der Waals surface area contributed by atoms with Crippen LogP contribution in [0.5, 0.6) is 0 Å². The van der Waals surface area contributed by atoms with E-state index in [4.69, 9.17) is 9.47 Å². The van der Waals surface area contributed by atoms with E-state index in [9.17, 15) is 14.7 Å². The summed E-state index contributed by atoms with van der Waals surface area (Å²) in [6, 6.07) is 25.1. The fraction of sp³-hybridized carbons (Fsp3) is 0.382. The second-order valence-corrected chi connectivity index (χ2v) is 12.3. The quantitative estimate of drug-likeness (QED) is 0.122. The first kappa shape index (κ1) is 33.3. The Balaban J connectivity index is 1.25. The summed E-state index contributed by atoms with van der Waals surface area (Å²) in [6.45, 7) is 4.22. The molecule has 3 aromatic carbocycles. The molecule has 1 aliphatic rings. The third kappa shape index (κ3) is 9.00. The van der Waals surface area contributed by atoms with Crippen molar-refractivity contribution in [3.63, 3.8) is 0 Å². The van der Waals surface area contributed by atoms with Gasteiger partial charge in [0.1, 0.15) is 0 Å². The number of carbonyl (C=O) groups excluding carboxylic acids is 2. The molecule has 0 aliphatic carbocycles. The fourth-order valence-electron chi connectivity index (χ4n) is 5.27. The van der Waals surface area contributed by atoms with Crippen LogP contribution in [0.3, 0.4) is 0 Å². The summed E-state index contributed by atoms with van der Waals surface area (Å²) in [4.78, 5) is 23.5. The van der Waals surface area contributed by atoms with Gasteiger partial charge in [0, 0.05) is 42.8 Å². The number of unbranched alkanes of at least 4 members (excludes halogenated alkanes) is 2. The molecule has 4 unspecified atom stereocenters. The van der Waals surface area contributed by atoms with E-state index in [1.165, 1.54) is 18.7 Å². The molecule has 0 saturated carbocycles. The van der Waals surface area contributed by atoms with Crippen molar-refractivity contribution in [1.82, 2.24) is 25.5 Å². The highest BCUT2D eigenvalue weighted by Gasteiger charge is 2.38. The number of anilines is 1. The molecule has 4 aromatic rings. The maximum atomic E-state index is 12.5. The third-order valence-corrected chi connectivity index (χ3v) is 8.87. The van der Waals surface area contributed by atoms with Gasteiger partial charge in [-0.25, -0.2) is 0 Å². The normalized spacial score (nSPS) is 19.5. The average Bonchev–Trinajstić information content (AvgIpc) is 3.55. The van der Waals surface area contributed by atoms with Gasteiger partial charge < -0.3 is 25.2 Å². The Kier molecular flexibility index (Phi) is 11.9. The van der Waals surface area contributed by atoms with Crippen molar-refractivity contribution in [2.75, 3.05) is 17.6 Å². The van der Waals surface area contributed by atoms with Crippen molar-refractivity contribution >= 4 is 29.3 Å². The number of rotatable bonds is 14. The largest absolute Gasteiger partial charge is 0.392 e. The summed E-state index contributed by atoms with van der Waals surface area (Å²) in [7, 11) is 0. The molecule has 46 heavy (non-hydrogen) atoms. The molecule has 0 radical (unpaired) electrons. The lowest BCUT2D eigenvalue weighted by molar-refractivity contribution is -0.268. The van der Waals surface area contributed by atoms with Crippen molar-refractivity contribution < 1.29 is 24.2 Å². The van der Waals surface area contributed by atoms with Gasteiger partial charge in [-0.3, -0.25) is 9.59 Å². The van der Waals surface area contributed by atoms with Crippen molar-refractivity contribution in [1.29, 1.82) is 0 Å². The zero-order valence-corrected chi connectivity index (χ0v) is 26.9. The van der Waals surface area contributed by atoms with Crippen LogP contribution in [-0.2, 0) is 25.7 Å². The number of aliphatic hydroxyl groups is 1. The number of nitrogens with zero attached hydrogens (tertiary/aromatic N) is 4. The number of aromatic nitrogens is 4. The Bertz CT molecular complexity index is 1550. The van der Waals surface area contributed by atoms with Crippen LogP contribution in [0.2, 0.25) is 0 Å². The molecule has 1 aromatic heterocycles. The molecule has 2 heterocycles. The maximum absolute atomic E-state index is 12.5. The Hall–Kier alpha value is -4.10. The highest BCUT2D eigenvalue weighted by atomic mass is 32.2. The number of hydrogen-bond donors (Lipinski definition) is 3. The second-order valence-electron chi connectivity index (χ2n) is 11.3. The van der Waals surface area contributed by atoms with Gasteiger partial charge in [0.15, 0.2) is 6.29 Å². The van der Waals surface area contributed by atoms with Crippen molar-refractivity contribution in [2.45, 2.75) is 69.8 Å². The first-order chi connectivity index (χ1) is 22.4. The monoisotopic (exact) mass is 644 g/mol. The molecule has 1 aliphatic heterocycles. The average molecular weight is 645 g/mol. The zero-order valence-electron chi connectivity index (χ0n) is 26.0. The van der Waals surface area contributed by atoms with Gasteiger partial charge in [0.25, 0.3) is 0 Å². The molecule has 3 N–H and O–H groups in total. The van der Waals surface area contributed by atoms with Crippen LogP contribution in [0.15, 0.2) is 84.0 Å². The van der Waals surface area contributed by atoms with Crippen molar-refractivity contribution in [2.24, 2.45) is 5.92 Å². The Labute approximate surface area is 273 Å². The summed E-state index contributed by atoms with van der Waals surface area (Å²) in [5, 5.41) is 28.3. The number of tetrazole rings is 1. The lowest BCUT2D eigenvalue weighted by Gasteiger charge is -2.41. The van der Waals surface area contributed by atoms with Crippen LogP contribution in [0.1, 0.15) is 68.6 Å². The van der Waals surface area contributed by atoms with Crippen molar-refractivity contribution in [3.05, 3.63) is 95.6 Å². The van der Waals surface area contributed by atoms with Crippen LogP contribution < -0.4 is 10.6 Å². The topological polar surface area (TPSA) is 140 Å². The van der Waals surface area contributed by atoms with Gasteiger partial charge in [0.05, 0.1) is 24.5 Å².